The van der Waals surface area contributed by atoms with E-state index in [1.54, 1.807) is 0 Å². The summed E-state index contributed by atoms with van der Waals surface area (Å²) in [6.45, 7) is 0.374. The van der Waals surface area contributed by atoms with Crippen molar-refractivity contribution in [1.29, 1.82) is 0 Å². The van der Waals surface area contributed by atoms with Crippen LogP contribution in [0.25, 0.3) is 0 Å². The minimum absolute atomic E-state index is 0.0734. The van der Waals surface area contributed by atoms with Crippen LogP contribution in [0.4, 0.5) is 0 Å². The van der Waals surface area contributed by atoms with Gasteiger partial charge in [0.25, 0.3) is 0 Å². The van der Waals surface area contributed by atoms with Crippen molar-refractivity contribution in [3.63, 3.8) is 0 Å². The fraction of sp³-hybridized carbons (Fsp3) is 0.857. The van der Waals surface area contributed by atoms with Crippen LogP contribution in [0.15, 0.2) is 0 Å². The molecule has 5 atom stereocenters. The highest BCUT2D eigenvalue weighted by atomic mass is 31.3. The monoisotopic (exact) mass is 410 g/mol. The lowest BCUT2D eigenvalue weighted by atomic mass is 9.96. The third-order valence-corrected chi connectivity index (χ3v) is 6.17. The molecule has 1 rings (SSSR count). The molecule has 1 saturated heterocycles. The summed E-state index contributed by atoms with van der Waals surface area (Å²) in [6.07, 6.45) is -1.90. The van der Waals surface area contributed by atoms with E-state index in [4.69, 9.17) is 32.0 Å². The predicted molar refractivity (Wildman–Crippen MR) is 74.4 cm³/mol. The maximum atomic E-state index is 11.5. The molecule has 1 aliphatic rings. The summed E-state index contributed by atoms with van der Waals surface area (Å²) in [5, 5.41) is 0. The van der Waals surface area contributed by atoms with Gasteiger partial charge in [0, 0.05) is 19.3 Å². The molecule has 2 radical (unpaired) electrons. The average Bonchev–Trinajstić information content (AvgIpc) is 2.61. The fourth-order valence-corrected chi connectivity index (χ4v) is 4.73. The number of hydrogen-bond donors (Lipinski definition) is 4. The zero-order valence-electron chi connectivity index (χ0n) is 12.0. The molecular weight excluding hydrogens is 396 g/mol. The van der Waals surface area contributed by atoms with Gasteiger partial charge < -0.3 is 29.0 Å². The van der Waals surface area contributed by atoms with E-state index in [1.807, 2.05) is 0 Å². The van der Waals surface area contributed by atoms with Crippen molar-refractivity contribution >= 4 is 37.3 Å². The summed E-state index contributed by atoms with van der Waals surface area (Å²) >= 11 is 0. The van der Waals surface area contributed by atoms with E-state index < -0.39 is 54.3 Å². The van der Waals surface area contributed by atoms with Gasteiger partial charge in [0.2, 0.25) is 0 Å². The van der Waals surface area contributed by atoms with Crippen molar-refractivity contribution in [2.24, 2.45) is 0 Å². The molecule has 5 unspecified atom stereocenters. The van der Waals surface area contributed by atoms with Crippen LogP contribution < -0.4 is 0 Å². The van der Waals surface area contributed by atoms with Gasteiger partial charge in [-0.05, 0) is 0 Å². The number of rotatable bonds is 8. The highest BCUT2D eigenvalue weighted by molar-refractivity contribution is 7.66. The minimum atomic E-state index is -5.60. The Balaban J connectivity index is 2.64. The van der Waals surface area contributed by atoms with Gasteiger partial charge in [0.05, 0.1) is 6.61 Å². The molecule has 0 aliphatic carbocycles. The summed E-state index contributed by atoms with van der Waals surface area (Å²) in [6, 6.07) is -0.844. The molecule has 0 saturated carbocycles. The molecule has 13 nitrogen and oxygen atoms in total. The molecule has 24 heavy (non-hydrogen) atoms. The van der Waals surface area contributed by atoms with Gasteiger partial charge in [0.1, 0.15) is 20.1 Å². The Morgan fingerprint density at radius 2 is 1.75 bits per heavy atom. The van der Waals surface area contributed by atoms with Gasteiger partial charge in [-0.3, -0.25) is 9.32 Å². The molecule has 0 aromatic carbocycles. The van der Waals surface area contributed by atoms with E-state index in [0.717, 1.165) is 6.92 Å². The average molecular weight is 410 g/mol. The summed E-state index contributed by atoms with van der Waals surface area (Å²) in [4.78, 5) is 46.0. The Labute approximate surface area is 137 Å². The maximum Gasteiger partial charge on any atom is 0.490 e. The minimum Gasteiger partial charge on any atom is -0.460 e. The predicted octanol–water partition coefficient (Wildman–Crippen LogP) is -0.455. The second-order valence-corrected chi connectivity index (χ2v) is 8.90. The van der Waals surface area contributed by atoms with Crippen molar-refractivity contribution in [3.05, 3.63) is 0 Å². The summed E-state index contributed by atoms with van der Waals surface area (Å²) < 4.78 is 54.5. The third-order valence-electron chi connectivity index (χ3n) is 2.36. The quantitative estimate of drug-likeness (QED) is 0.228. The standard InChI is InChI=1S/C7H14BO13P3/c1-4(9)18-5-2-7(8)19-6(5)3-17-23(13,14)21-24(15,16)20-22(10,11)12/h5-7H,2-3H2,1H3,(H,13,14)(H,15,16)(H2,10,11,12). The zero-order chi connectivity index (χ0) is 18.8. The SMILES string of the molecule is [B]C1CC(OC(C)=O)C(COP(=O)(O)OP(=O)(O)OP(=O)(O)O)O1. The lowest BCUT2D eigenvalue weighted by molar-refractivity contribution is -0.149. The Kier molecular flexibility index (Phi) is 7.38. The first-order valence-electron chi connectivity index (χ1n) is 6.06. The van der Waals surface area contributed by atoms with Crippen LogP contribution in [-0.2, 0) is 41.1 Å². The molecule has 0 bridgehead atoms. The smallest absolute Gasteiger partial charge is 0.460 e. The van der Waals surface area contributed by atoms with Crippen molar-refractivity contribution in [3.8, 4) is 0 Å². The molecule has 1 aliphatic heterocycles. The summed E-state index contributed by atoms with van der Waals surface area (Å²) in [7, 11) is -10.9. The van der Waals surface area contributed by atoms with Crippen molar-refractivity contribution in [2.45, 2.75) is 31.6 Å². The van der Waals surface area contributed by atoms with Crippen LogP contribution in [0, 0.1) is 0 Å². The molecular formula is C7H14BO13P3. The van der Waals surface area contributed by atoms with Crippen LogP contribution in [0.2, 0.25) is 0 Å². The van der Waals surface area contributed by atoms with E-state index in [2.05, 4.69) is 13.1 Å². The highest BCUT2D eigenvalue weighted by Gasteiger charge is 2.42. The first-order valence-corrected chi connectivity index (χ1v) is 10.6. The lowest BCUT2D eigenvalue weighted by Crippen LogP contribution is -2.30. The van der Waals surface area contributed by atoms with E-state index in [9.17, 15) is 23.4 Å². The Morgan fingerprint density at radius 1 is 1.17 bits per heavy atom. The first kappa shape index (κ1) is 21.9. The molecule has 138 valence electrons. The second-order valence-electron chi connectivity index (χ2n) is 4.48. The topological polar surface area (TPSA) is 195 Å². The van der Waals surface area contributed by atoms with Crippen LogP contribution in [0.1, 0.15) is 13.3 Å². The van der Waals surface area contributed by atoms with Gasteiger partial charge >= 0.3 is 29.4 Å². The second kappa shape index (κ2) is 8.07. The molecule has 0 spiro atoms. The van der Waals surface area contributed by atoms with E-state index in [-0.39, 0.29) is 6.42 Å². The largest absolute Gasteiger partial charge is 0.490 e. The number of phosphoric acid groups is 3. The number of ether oxygens (including phenoxy) is 2. The normalized spacial score (nSPS) is 29.6. The molecule has 0 aromatic heterocycles. The number of carbonyl (C=O) groups excluding carboxylic acids is 1. The van der Waals surface area contributed by atoms with Crippen LogP contribution in [0.5, 0.6) is 0 Å². The zero-order valence-corrected chi connectivity index (χ0v) is 14.7. The van der Waals surface area contributed by atoms with Crippen molar-refractivity contribution < 1.29 is 60.7 Å². The lowest BCUT2D eigenvalue weighted by Gasteiger charge is -2.20. The van der Waals surface area contributed by atoms with Crippen LogP contribution in [-0.4, -0.2) is 58.2 Å². The Bertz CT molecular complexity index is 602. The summed E-state index contributed by atoms with van der Waals surface area (Å²) in [5.41, 5.74) is 0. The van der Waals surface area contributed by atoms with Gasteiger partial charge in [-0.1, -0.05) is 0 Å². The van der Waals surface area contributed by atoms with Gasteiger partial charge in [0.15, 0.2) is 0 Å². The molecule has 0 aromatic rings. The van der Waals surface area contributed by atoms with Crippen molar-refractivity contribution in [2.75, 3.05) is 6.61 Å². The van der Waals surface area contributed by atoms with Gasteiger partial charge in [-0.15, -0.1) is 0 Å². The fourth-order valence-electron chi connectivity index (χ4n) is 1.70. The molecule has 4 N–H and O–H groups in total. The van der Waals surface area contributed by atoms with Crippen LogP contribution in [0.3, 0.4) is 0 Å². The number of hydrogen-bond acceptors (Lipinski definition) is 9. The van der Waals surface area contributed by atoms with Gasteiger partial charge in [-0.25, -0.2) is 13.7 Å². The van der Waals surface area contributed by atoms with E-state index >= 15 is 0 Å². The first-order chi connectivity index (χ1) is 10.7. The van der Waals surface area contributed by atoms with E-state index in [0.29, 0.717) is 0 Å². The van der Waals surface area contributed by atoms with Gasteiger partial charge in [-0.2, -0.15) is 8.62 Å². The highest BCUT2D eigenvalue weighted by Crippen LogP contribution is 2.66. The Morgan fingerprint density at radius 3 is 2.25 bits per heavy atom. The Hall–Kier alpha value is -0.0951. The molecule has 17 heteroatoms. The maximum absolute atomic E-state index is 11.5. The van der Waals surface area contributed by atoms with Crippen LogP contribution >= 0.6 is 23.5 Å². The number of esters is 1. The van der Waals surface area contributed by atoms with Crippen molar-refractivity contribution in [1.82, 2.24) is 0 Å². The molecule has 0 amide bonds. The number of carbonyl (C=O) groups is 1. The summed E-state index contributed by atoms with van der Waals surface area (Å²) in [5.74, 6) is -0.666. The van der Waals surface area contributed by atoms with E-state index in [1.165, 1.54) is 0 Å². The molecule has 1 heterocycles. The molecule has 1 fully saturated rings. The number of phosphoric ester groups is 1. The third kappa shape index (κ3) is 8.33.